The number of aromatic hydroxyl groups is 1. The molecule has 22 nitrogen and oxygen atoms in total. The normalized spacial score (nSPS) is 14.1. The number of hydrogen-bond acceptors (Lipinski definition) is 12. The molecular weight excluding hydrogens is 730 g/mol. The van der Waals surface area contributed by atoms with Crippen LogP contribution >= 0.6 is 0 Å². The molecule has 0 saturated heterocycles. The number of carbonyl (C=O) groups excluding carboxylic acids is 9. The zero-order valence-electron chi connectivity index (χ0n) is 30.5. The second-order valence-corrected chi connectivity index (χ2v) is 12.8. The molecule has 0 bridgehead atoms. The van der Waals surface area contributed by atoms with E-state index in [0.717, 1.165) is 6.92 Å². The van der Waals surface area contributed by atoms with Crippen LogP contribution in [0.3, 0.4) is 0 Å². The lowest BCUT2D eigenvalue weighted by Crippen LogP contribution is -2.61. The molecular formula is C33H49N9O13. The van der Waals surface area contributed by atoms with Crippen LogP contribution in [0.1, 0.15) is 58.4 Å². The van der Waals surface area contributed by atoms with Gasteiger partial charge in [-0.05, 0) is 36.5 Å². The molecule has 9 amide bonds. The Labute approximate surface area is 315 Å². The molecule has 0 unspecified atom stereocenters. The Hall–Kier alpha value is -6.32. The first-order valence-electron chi connectivity index (χ1n) is 16.9. The van der Waals surface area contributed by atoms with Crippen molar-refractivity contribution < 1.29 is 63.3 Å². The molecule has 1 rings (SSSR count). The number of primary amides is 3. The van der Waals surface area contributed by atoms with Crippen molar-refractivity contribution in [3.63, 3.8) is 0 Å². The van der Waals surface area contributed by atoms with Crippen molar-refractivity contribution in [1.82, 2.24) is 31.9 Å². The van der Waals surface area contributed by atoms with Gasteiger partial charge in [0.2, 0.25) is 53.2 Å². The first-order valence-corrected chi connectivity index (χ1v) is 16.9. The minimum Gasteiger partial charge on any atom is -0.508 e. The number of carboxylic acids is 1. The molecule has 0 heterocycles. The number of aliphatic hydroxyl groups excluding tert-OH is 1. The van der Waals surface area contributed by atoms with Gasteiger partial charge in [0.15, 0.2) is 0 Å². The van der Waals surface area contributed by atoms with Crippen molar-refractivity contribution in [1.29, 1.82) is 0 Å². The number of nitrogens with two attached hydrogens (primary N) is 3. The Morgan fingerprint density at radius 3 is 1.49 bits per heavy atom. The number of aliphatic hydroxyl groups is 1. The molecule has 6 atom stereocenters. The fourth-order valence-electron chi connectivity index (χ4n) is 4.90. The van der Waals surface area contributed by atoms with Gasteiger partial charge in [-0.1, -0.05) is 26.0 Å². The minimum atomic E-state index is -1.78. The van der Waals surface area contributed by atoms with E-state index in [0.29, 0.717) is 5.56 Å². The summed E-state index contributed by atoms with van der Waals surface area (Å²) >= 11 is 0. The van der Waals surface area contributed by atoms with Crippen molar-refractivity contribution in [3.8, 4) is 5.75 Å². The van der Waals surface area contributed by atoms with Crippen LogP contribution in [-0.4, -0.2) is 117 Å². The lowest BCUT2D eigenvalue weighted by atomic mass is 10.0. The van der Waals surface area contributed by atoms with Crippen LogP contribution in [0.2, 0.25) is 0 Å². The number of benzene rings is 1. The summed E-state index contributed by atoms with van der Waals surface area (Å²) in [5.41, 5.74) is 16.0. The lowest BCUT2D eigenvalue weighted by molar-refractivity contribution is -0.142. The zero-order valence-corrected chi connectivity index (χ0v) is 30.5. The first-order chi connectivity index (χ1) is 25.6. The highest BCUT2D eigenvalue weighted by Crippen LogP contribution is 2.12. The summed E-state index contributed by atoms with van der Waals surface area (Å²) in [5.74, 6) is -10.9. The molecule has 22 heteroatoms. The molecule has 0 aliphatic rings. The maximum Gasteiger partial charge on any atom is 0.326 e. The number of nitrogens with one attached hydrogen (secondary N) is 6. The number of phenolic OH excluding ortho intramolecular Hbond substituents is 1. The Balaban J connectivity index is 3.20. The first kappa shape index (κ1) is 46.7. The van der Waals surface area contributed by atoms with Gasteiger partial charge in [0.05, 0.1) is 13.0 Å². The van der Waals surface area contributed by atoms with Gasteiger partial charge in [0, 0.05) is 26.2 Å². The monoisotopic (exact) mass is 779 g/mol. The summed E-state index contributed by atoms with van der Waals surface area (Å²) in [6, 6.07) is -4.02. The lowest BCUT2D eigenvalue weighted by Gasteiger charge is -2.28. The van der Waals surface area contributed by atoms with Crippen molar-refractivity contribution in [3.05, 3.63) is 29.8 Å². The summed E-state index contributed by atoms with van der Waals surface area (Å²) in [6.07, 6.45) is -2.54. The van der Waals surface area contributed by atoms with Crippen LogP contribution in [0.25, 0.3) is 0 Å². The third-order valence-corrected chi connectivity index (χ3v) is 7.78. The maximum absolute atomic E-state index is 13.4. The van der Waals surface area contributed by atoms with Gasteiger partial charge in [-0.25, -0.2) is 4.79 Å². The molecule has 0 aliphatic carbocycles. The molecule has 0 fully saturated rings. The van der Waals surface area contributed by atoms with Crippen LogP contribution in [-0.2, 0) is 54.4 Å². The maximum atomic E-state index is 13.4. The average molecular weight is 780 g/mol. The molecule has 15 N–H and O–H groups in total. The number of carbonyl (C=O) groups is 10. The third kappa shape index (κ3) is 17.4. The summed E-state index contributed by atoms with van der Waals surface area (Å²) in [4.78, 5) is 124. The topological polar surface area (TPSA) is 382 Å². The van der Waals surface area contributed by atoms with E-state index in [1.54, 1.807) is 0 Å². The number of rotatable bonds is 24. The Morgan fingerprint density at radius 2 is 1.04 bits per heavy atom. The second kappa shape index (κ2) is 22.7. The fourth-order valence-corrected chi connectivity index (χ4v) is 4.90. The van der Waals surface area contributed by atoms with Gasteiger partial charge >= 0.3 is 5.97 Å². The molecule has 0 aromatic heterocycles. The van der Waals surface area contributed by atoms with Gasteiger partial charge < -0.3 is 64.4 Å². The predicted octanol–water partition coefficient (Wildman–Crippen LogP) is -5.00. The summed E-state index contributed by atoms with van der Waals surface area (Å²) in [7, 11) is 0. The minimum absolute atomic E-state index is 0.0917. The van der Waals surface area contributed by atoms with Crippen molar-refractivity contribution in [2.45, 2.75) is 95.5 Å². The van der Waals surface area contributed by atoms with E-state index < -0.39 is 127 Å². The standard InChI is InChI=1S/C33H49N9O13/c1-15(2)27(42-29(50)19(37-16(3)44)8-10-24(34)46)32(53)41-23(14-43)31(52)38-20(9-11-25(35)47)28(49)39-21(13-26(36)48)30(51)40-22(33(54)55)12-17-4-6-18(45)7-5-17/h4-7,15,19-23,27,43,45H,8-14H2,1-3H3,(H2,34,46)(H2,35,47)(H2,36,48)(H,37,44)(H,38,52)(H,39,49)(H,40,51)(H,41,53)(H,42,50)(H,54,55)/t19-,20-,21-,22-,23-,27-/m0/s1. The third-order valence-electron chi connectivity index (χ3n) is 7.78. The van der Waals surface area contributed by atoms with Crippen LogP contribution in [0, 0.1) is 5.92 Å². The van der Waals surface area contributed by atoms with Gasteiger partial charge in [-0.2, -0.15) is 0 Å². The molecule has 0 saturated carbocycles. The van der Waals surface area contributed by atoms with Crippen LogP contribution in [0.4, 0.5) is 0 Å². The van der Waals surface area contributed by atoms with E-state index in [9.17, 15) is 63.3 Å². The van der Waals surface area contributed by atoms with Gasteiger partial charge in [-0.3, -0.25) is 43.2 Å². The average Bonchev–Trinajstić information content (AvgIpc) is 3.08. The van der Waals surface area contributed by atoms with E-state index in [1.807, 2.05) is 0 Å². The van der Waals surface area contributed by atoms with Crippen LogP contribution < -0.4 is 49.1 Å². The van der Waals surface area contributed by atoms with Crippen molar-refractivity contribution >= 4 is 59.1 Å². The van der Waals surface area contributed by atoms with Gasteiger partial charge in [0.25, 0.3) is 0 Å². The highest BCUT2D eigenvalue weighted by atomic mass is 16.4. The zero-order chi connectivity index (χ0) is 42.0. The Kier molecular flexibility index (Phi) is 19.3. The van der Waals surface area contributed by atoms with E-state index >= 15 is 0 Å². The fraction of sp³-hybridized carbons (Fsp3) is 0.515. The number of aliphatic carboxylic acids is 1. The van der Waals surface area contributed by atoms with Crippen molar-refractivity contribution in [2.75, 3.05) is 6.61 Å². The largest absolute Gasteiger partial charge is 0.508 e. The van der Waals surface area contributed by atoms with E-state index in [2.05, 4.69) is 31.9 Å². The molecule has 304 valence electrons. The van der Waals surface area contributed by atoms with E-state index in [4.69, 9.17) is 17.2 Å². The second-order valence-electron chi connectivity index (χ2n) is 12.8. The molecule has 0 aliphatic heterocycles. The van der Waals surface area contributed by atoms with Crippen LogP contribution in [0.5, 0.6) is 5.75 Å². The molecule has 0 radical (unpaired) electrons. The summed E-state index contributed by atoms with van der Waals surface area (Å²) < 4.78 is 0. The quantitative estimate of drug-likeness (QED) is 0.0468. The molecule has 1 aromatic rings. The number of phenols is 1. The van der Waals surface area contributed by atoms with E-state index in [1.165, 1.54) is 38.1 Å². The predicted molar refractivity (Wildman–Crippen MR) is 189 cm³/mol. The molecule has 55 heavy (non-hydrogen) atoms. The summed E-state index contributed by atoms with van der Waals surface area (Å²) in [6.45, 7) is 3.15. The number of carboxylic acid groups (broad SMARTS) is 1. The number of amides is 9. The van der Waals surface area contributed by atoms with Gasteiger partial charge in [0.1, 0.15) is 42.0 Å². The smallest absolute Gasteiger partial charge is 0.326 e. The summed E-state index contributed by atoms with van der Waals surface area (Å²) in [5, 5.41) is 42.8. The number of hydrogen-bond donors (Lipinski definition) is 12. The van der Waals surface area contributed by atoms with E-state index in [-0.39, 0.29) is 25.0 Å². The van der Waals surface area contributed by atoms with Crippen LogP contribution in [0.15, 0.2) is 24.3 Å². The Bertz CT molecular complexity index is 1590. The Morgan fingerprint density at radius 1 is 0.600 bits per heavy atom. The van der Waals surface area contributed by atoms with Gasteiger partial charge in [-0.15, -0.1) is 0 Å². The van der Waals surface area contributed by atoms with Crippen molar-refractivity contribution in [2.24, 2.45) is 23.1 Å². The molecule has 1 aromatic carbocycles. The highest BCUT2D eigenvalue weighted by molar-refractivity contribution is 5.98. The molecule has 0 spiro atoms. The SMILES string of the molecule is CC(=O)N[C@@H](CCC(N)=O)C(=O)N[C@H](C(=O)N[C@@H](CO)C(=O)N[C@@H](CCC(N)=O)C(=O)N[C@@H](CC(N)=O)C(=O)N[C@@H](Cc1ccc(O)cc1)C(=O)O)C(C)C. The highest BCUT2D eigenvalue weighted by Gasteiger charge is 2.34.